The average Bonchev–Trinajstić information content (AvgIpc) is 3.10. The maximum Gasteiger partial charge on any atom is 0.164 e. The number of anilines is 3. The van der Waals surface area contributed by atoms with Crippen LogP contribution in [0.4, 0.5) is 17.3 Å². The van der Waals surface area contributed by atoms with Gasteiger partial charge in [-0.05, 0) is 36.8 Å². The van der Waals surface area contributed by atoms with E-state index in [1.54, 1.807) is 18.0 Å². The number of carbonyl (C=O) groups is 1. The Bertz CT molecular complexity index is 950. The van der Waals surface area contributed by atoms with E-state index >= 15 is 0 Å². The largest absolute Gasteiger partial charge is 0.330 e. The van der Waals surface area contributed by atoms with Crippen molar-refractivity contribution in [1.82, 2.24) is 15.2 Å². The van der Waals surface area contributed by atoms with Gasteiger partial charge in [0.2, 0.25) is 0 Å². The van der Waals surface area contributed by atoms with E-state index < -0.39 is 0 Å². The van der Waals surface area contributed by atoms with Crippen molar-refractivity contribution in [2.45, 2.75) is 13.8 Å². The molecule has 0 aliphatic carbocycles. The highest BCUT2D eigenvalue weighted by molar-refractivity contribution is 8.00. The summed E-state index contributed by atoms with van der Waals surface area (Å²) < 4.78 is 3.25. The first-order valence-electron chi connectivity index (χ1n) is 8.55. The van der Waals surface area contributed by atoms with Crippen LogP contribution >= 0.6 is 11.9 Å². The molecule has 138 valence electrons. The number of aryl methyl sites for hydroxylation is 1. The van der Waals surface area contributed by atoms with Gasteiger partial charge in [-0.15, -0.1) is 0 Å². The van der Waals surface area contributed by atoms with Crippen LogP contribution in [0.3, 0.4) is 0 Å². The van der Waals surface area contributed by atoms with Crippen LogP contribution in [0.5, 0.6) is 0 Å². The summed E-state index contributed by atoms with van der Waals surface area (Å²) >= 11 is 1.63. The number of rotatable bonds is 8. The van der Waals surface area contributed by atoms with Crippen molar-refractivity contribution >= 4 is 41.6 Å². The van der Waals surface area contributed by atoms with E-state index in [0.717, 1.165) is 34.5 Å². The number of nitrogens with zero attached hydrogens (tertiary/aromatic N) is 2. The molecule has 0 saturated heterocycles. The Morgan fingerprint density at radius 1 is 1.22 bits per heavy atom. The molecule has 3 rings (SSSR count). The molecule has 3 N–H and O–H groups in total. The van der Waals surface area contributed by atoms with Crippen LogP contribution < -0.4 is 10.0 Å². The van der Waals surface area contributed by atoms with E-state index in [0.29, 0.717) is 22.9 Å². The van der Waals surface area contributed by atoms with Crippen molar-refractivity contribution < 1.29 is 4.79 Å². The lowest BCUT2D eigenvalue weighted by molar-refractivity contribution is 0.112. The molecule has 1 aromatic carbocycles. The van der Waals surface area contributed by atoms with Crippen molar-refractivity contribution in [2.75, 3.05) is 15.8 Å². The Kier molecular flexibility index (Phi) is 5.93. The van der Waals surface area contributed by atoms with Gasteiger partial charge in [0.15, 0.2) is 12.1 Å². The second-order valence-corrected chi connectivity index (χ2v) is 6.89. The van der Waals surface area contributed by atoms with Gasteiger partial charge < -0.3 is 10.0 Å². The van der Waals surface area contributed by atoms with Crippen LogP contribution in [0, 0.1) is 6.92 Å². The summed E-state index contributed by atoms with van der Waals surface area (Å²) in [5, 5.41) is 10.3. The fraction of sp³-hybridized carbons (Fsp3) is 0.150. The fourth-order valence-electron chi connectivity index (χ4n) is 2.58. The van der Waals surface area contributed by atoms with Crippen LogP contribution in [-0.2, 0) is 0 Å². The molecule has 6 nitrogen and oxygen atoms in total. The topological polar surface area (TPSA) is 82.7 Å². The first kappa shape index (κ1) is 18.7. The molecule has 2 aromatic heterocycles. The van der Waals surface area contributed by atoms with Gasteiger partial charge in [0.1, 0.15) is 5.82 Å². The Balaban J connectivity index is 1.86. The summed E-state index contributed by atoms with van der Waals surface area (Å²) in [6.07, 6.45) is 2.49. The lowest BCUT2D eigenvalue weighted by atomic mass is 10.1. The number of aromatic amines is 1. The van der Waals surface area contributed by atoms with Gasteiger partial charge in [-0.1, -0.05) is 43.6 Å². The minimum absolute atomic E-state index is 0.440. The van der Waals surface area contributed by atoms with Gasteiger partial charge in [-0.2, -0.15) is 5.10 Å². The van der Waals surface area contributed by atoms with Gasteiger partial charge in [0.25, 0.3) is 0 Å². The van der Waals surface area contributed by atoms with Gasteiger partial charge in [0, 0.05) is 17.0 Å². The molecule has 0 saturated carbocycles. The van der Waals surface area contributed by atoms with Gasteiger partial charge in [0.05, 0.1) is 17.0 Å². The SMILES string of the molecule is C=Cc1nc(Nc2n[nH]c(-c3ccc(NSCC)cc3)c2C=O)ccc1C. The van der Waals surface area contributed by atoms with Gasteiger partial charge in [-0.25, -0.2) is 4.98 Å². The minimum atomic E-state index is 0.440. The number of hydrogen-bond acceptors (Lipinski definition) is 6. The molecule has 2 heterocycles. The number of benzene rings is 1. The van der Waals surface area contributed by atoms with Gasteiger partial charge in [-0.3, -0.25) is 9.89 Å². The molecule has 0 aliphatic heterocycles. The Morgan fingerprint density at radius 3 is 2.67 bits per heavy atom. The molecular weight excluding hydrogens is 358 g/mol. The van der Waals surface area contributed by atoms with Crippen molar-refractivity contribution in [1.29, 1.82) is 0 Å². The molecule has 0 radical (unpaired) electrons. The predicted molar refractivity (Wildman–Crippen MR) is 114 cm³/mol. The molecule has 0 atom stereocenters. The number of pyridine rings is 1. The predicted octanol–water partition coefficient (Wildman–Crippen LogP) is 5.06. The summed E-state index contributed by atoms with van der Waals surface area (Å²) in [6, 6.07) is 11.6. The van der Waals surface area contributed by atoms with Crippen molar-refractivity contribution in [3.63, 3.8) is 0 Å². The number of H-pyrrole nitrogens is 1. The van der Waals surface area contributed by atoms with Crippen molar-refractivity contribution in [3.8, 4) is 11.3 Å². The maximum absolute atomic E-state index is 11.7. The standard InChI is InChI=1S/C20H21N5OS/c1-4-17-13(3)6-11-18(21-17)22-20-16(12-26)19(23-24-20)14-7-9-15(10-8-14)25-27-5-2/h4,6-12,25H,1,5H2,2-3H3,(H2,21,22,23,24). The average molecular weight is 379 g/mol. The lowest BCUT2D eigenvalue weighted by Gasteiger charge is -2.07. The van der Waals surface area contributed by atoms with E-state index in [4.69, 9.17) is 0 Å². The quantitative estimate of drug-likeness (QED) is 0.375. The van der Waals surface area contributed by atoms with E-state index in [9.17, 15) is 4.79 Å². The Labute approximate surface area is 162 Å². The number of aldehydes is 1. The number of carbonyl (C=O) groups excluding carboxylic acids is 1. The summed E-state index contributed by atoms with van der Waals surface area (Å²) in [4.78, 5) is 16.2. The Morgan fingerprint density at radius 2 is 2.00 bits per heavy atom. The fourth-order valence-corrected chi connectivity index (χ4v) is 3.03. The highest BCUT2D eigenvalue weighted by Crippen LogP contribution is 2.28. The van der Waals surface area contributed by atoms with Crippen molar-refractivity contribution in [3.05, 3.63) is 59.8 Å². The molecular formula is C20H21N5OS. The van der Waals surface area contributed by atoms with Crippen molar-refractivity contribution in [2.24, 2.45) is 0 Å². The third-order valence-electron chi connectivity index (χ3n) is 4.01. The zero-order valence-electron chi connectivity index (χ0n) is 15.2. The maximum atomic E-state index is 11.7. The second kappa shape index (κ2) is 8.55. The summed E-state index contributed by atoms with van der Waals surface area (Å²) in [6.45, 7) is 7.82. The molecule has 0 bridgehead atoms. The number of aromatic nitrogens is 3. The third kappa shape index (κ3) is 4.20. The number of nitrogens with one attached hydrogen (secondary N) is 3. The zero-order chi connectivity index (χ0) is 19.2. The van der Waals surface area contributed by atoms with E-state index in [-0.39, 0.29) is 0 Å². The highest BCUT2D eigenvalue weighted by Gasteiger charge is 2.15. The van der Waals surface area contributed by atoms with Crippen LogP contribution in [0.2, 0.25) is 0 Å². The minimum Gasteiger partial charge on any atom is -0.330 e. The lowest BCUT2D eigenvalue weighted by Crippen LogP contribution is -1.99. The van der Waals surface area contributed by atoms with Crippen LogP contribution in [0.25, 0.3) is 17.3 Å². The summed E-state index contributed by atoms with van der Waals surface area (Å²) in [7, 11) is 0. The van der Waals surface area contributed by atoms with Gasteiger partial charge >= 0.3 is 0 Å². The molecule has 0 amide bonds. The normalized spacial score (nSPS) is 10.4. The monoisotopic (exact) mass is 379 g/mol. The first-order valence-corrected chi connectivity index (χ1v) is 9.53. The molecule has 0 spiro atoms. The Hall–Kier alpha value is -3.06. The number of hydrogen-bond donors (Lipinski definition) is 3. The molecule has 27 heavy (non-hydrogen) atoms. The molecule has 0 unspecified atom stereocenters. The summed E-state index contributed by atoms with van der Waals surface area (Å²) in [5.74, 6) is 2.02. The van der Waals surface area contributed by atoms with Crippen LogP contribution in [-0.4, -0.2) is 27.2 Å². The molecule has 0 fully saturated rings. The van der Waals surface area contributed by atoms with E-state index in [1.807, 2.05) is 43.3 Å². The first-order chi connectivity index (χ1) is 13.2. The van der Waals surface area contributed by atoms with Crippen LogP contribution in [0.15, 0.2) is 43.0 Å². The molecule has 0 aliphatic rings. The van der Waals surface area contributed by atoms with E-state index in [2.05, 4.69) is 38.7 Å². The van der Waals surface area contributed by atoms with E-state index in [1.165, 1.54) is 0 Å². The molecule has 7 heteroatoms. The van der Waals surface area contributed by atoms with Crippen LogP contribution in [0.1, 0.15) is 28.5 Å². The zero-order valence-corrected chi connectivity index (χ0v) is 16.1. The smallest absolute Gasteiger partial charge is 0.164 e. The third-order valence-corrected chi connectivity index (χ3v) is 4.67. The molecule has 3 aromatic rings. The summed E-state index contributed by atoms with van der Waals surface area (Å²) in [5.41, 5.74) is 4.84. The highest BCUT2D eigenvalue weighted by atomic mass is 32.2. The second-order valence-electron chi connectivity index (χ2n) is 5.82.